The van der Waals surface area contributed by atoms with Gasteiger partial charge in [-0.25, -0.2) is 18.4 Å². The highest BCUT2D eigenvalue weighted by Crippen LogP contribution is 2.28. The largest absolute Gasteiger partial charge is 0.365 e. The molecule has 4 rings (SSSR count). The van der Waals surface area contributed by atoms with Crippen LogP contribution in [0, 0.1) is 0 Å². The zero-order valence-corrected chi connectivity index (χ0v) is 14.4. The number of nitrogens with one attached hydrogen (secondary N) is 1. The molecule has 1 N–H and O–H groups in total. The average Bonchev–Trinajstić information content (AvgIpc) is 3.18. The van der Waals surface area contributed by atoms with Crippen molar-refractivity contribution < 1.29 is 13.2 Å². The van der Waals surface area contributed by atoms with E-state index in [9.17, 15) is 13.2 Å². The van der Waals surface area contributed by atoms with E-state index >= 15 is 0 Å². The van der Waals surface area contributed by atoms with Crippen molar-refractivity contribution in [3.05, 3.63) is 47.9 Å². The molecule has 2 aromatic rings. The molecule has 2 aliphatic heterocycles. The lowest BCUT2D eigenvalue weighted by molar-refractivity contribution is 0.0984. The maximum Gasteiger partial charge on any atom is 0.278 e. The van der Waals surface area contributed by atoms with Crippen LogP contribution < -0.4 is 10.2 Å². The fourth-order valence-electron chi connectivity index (χ4n) is 3.32. The van der Waals surface area contributed by atoms with Crippen LogP contribution in [0.2, 0.25) is 0 Å². The van der Waals surface area contributed by atoms with Gasteiger partial charge in [-0.1, -0.05) is 18.2 Å². The highest BCUT2D eigenvalue weighted by Gasteiger charge is 2.29. The van der Waals surface area contributed by atoms with E-state index in [0.29, 0.717) is 18.8 Å². The summed E-state index contributed by atoms with van der Waals surface area (Å²) >= 11 is 0. The fourth-order valence-corrected chi connectivity index (χ4v) is 4.99. The quantitative estimate of drug-likeness (QED) is 0.889. The third-order valence-electron chi connectivity index (χ3n) is 4.59. The maximum atomic E-state index is 12.7. The number of carbonyl (C=O) groups excluding carboxylic acids is 1. The minimum atomic E-state index is -2.95. The summed E-state index contributed by atoms with van der Waals surface area (Å²) in [5, 5.41) is 3.07. The lowest BCUT2D eigenvalue weighted by Gasteiger charge is -2.17. The second kappa shape index (κ2) is 6.11. The monoisotopic (exact) mass is 358 g/mol. The van der Waals surface area contributed by atoms with Gasteiger partial charge in [-0.3, -0.25) is 4.79 Å². The number of nitrogens with zero attached hydrogens (tertiary/aromatic N) is 3. The molecule has 1 saturated heterocycles. The van der Waals surface area contributed by atoms with Gasteiger partial charge >= 0.3 is 0 Å². The number of hydrogen-bond donors (Lipinski definition) is 1. The SMILES string of the molecule is O=C(c1cnc(NC2CCS(=O)(=O)C2)cn1)N1CCc2ccccc21. The number of para-hydroxylation sites is 1. The third kappa shape index (κ3) is 3.21. The van der Waals surface area contributed by atoms with Gasteiger partial charge in [0, 0.05) is 18.3 Å². The van der Waals surface area contributed by atoms with Crippen molar-refractivity contribution in [2.45, 2.75) is 18.9 Å². The molecule has 1 amide bonds. The summed E-state index contributed by atoms with van der Waals surface area (Å²) in [5.74, 6) is 0.621. The van der Waals surface area contributed by atoms with E-state index in [-0.39, 0.29) is 29.1 Å². The molecule has 1 unspecified atom stereocenters. The highest BCUT2D eigenvalue weighted by molar-refractivity contribution is 7.91. The Hall–Kier alpha value is -2.48. The Morgan fingerprint density at radius 3 is 2.76 bits per heavy atom. The van der Waals surface area contributed by atoms with Crippen molar-refractivity contribution in [2.24, 2.45) is 0 Å². The molecule has 0 radical (unpaired) electrons. The summed E-state index contributed by atoms with van der Waals surface area (Å²) in [5.41, 5.74) is 2.36. The molecule has 1 fully saturated rings. The van der Waals surface area contributed by atoms with Crippen molar-refractivity contribution in [2.75, 3.05) is 28.3 Å². The van der Waals surface area contributed by atoms with E-state index in [0.717, 1.165) is 17.7 Å². The topological polar surface area (TPSA) is 92.3 Å². The van der Waals surface area contributed by atoms with Crippen LogP contribution in [0.5, 0.6) is 0 Å². The molecule has 3 heterocycles. The summed E-state index contributed by atoms with van der Waals surface area (Å²) in [6.07, 6.45) is 4.33. The Kier molecular flexibility index (Phi) is 3.91. The molecule has 25 heavy (non-hydrogen) atoms. The van der Waals surface area contributed by atoms with Crippen molar-refractivity contribution in [1.29, 1.82) is 0 Å². The molecule has 7 nitrogen and oxygen atoms in total. The molecule has 2 aliphatic rings. The number of aromatic nitrogens is 2. The maximum absolute atomic E-state index is 12.7. The standard InChI is InChI=1S/C17H18N4O3S/c22-17(21-7-5-12-3-1-2-4-15(12)21)14-9-19-16(10-18-14)20-13-6-8-25(23,24)11-13/h1-4,9-10,13H,5-8,11H2,(H,19,20). The number of anilines is 2. The first-order chi connectivity index (χ1) is 12.0. The van der Waals surface area contributed by atoms with E-state index in [1.807, 2.05) is 24.3 Å². The second-order valence-corrected chi connectivity index (χ2v) is 8.60. The summed E-state index contributed by atoms with van der Waals surface area (Å²) < 4.78 is 23.0. The van der Waals surface area contributed by atoms with Gasteiger partial charge in [0.05, 0.1) is 23.9 Å². The minimum absolute atomic E-state index is 0.111. The molecule has 0 aliphatic carbocycles. The first-order valence-corrected chi connectivity index (χ1v) is 10.0. The zero-order chi connectivity index (χ0) is 17.4. The Morgan fingerprint density at radius 2 is 2.04 bits per heavy atom. The smallest absolute Gasteiger partial charge is 0.278 e. The van der Waals surface area contributed by atoms with E-state index in [2.05, 4.69) is 15.3 Å². The zero-order valence-electron chi connectivity index (χ0n) is 13.6. The molecule has 1 aromatic carbocycles. The van der Waals surface area contributed by atoms with Gasteiger partial charge < -0.3 is 10.2 Å². The lowest BCUT2D eigenvalue weighted by atomic mass is 10.2. The Bertz CT molecular complexity index is 912. The fraction of sp³-hybridized carbons (Fsp3) is 0.353. The van der Waals surface area contributed by atoms with Crippen LogP contribution >= 0.6 is 0 Å². The van der Waals surface area contributed by atoms with Crippen LogP contribution in [0.25, 0.3) is 0 Å². The van der Waals surface area contributed by atoms with Crippen LogP contribution in [0.3, 0.4) is 0 Å². The first-order valence-electron chi connectivity index (χ1n) is 8.21. The minimum Gasteiger partial charge on any atom is -0.365 e. The van der Waals surface area contributed by atoms with E-state index in [1.165, 1.54) is 12.4 Å². The van der Waals surface area contributed by atoms with Crippen LogP contribution in [0.4, 0.5) is 11.5 Å². The average molecular weight is 358 g/mol. The summed E-state index contributed by atoms with van der Waals surface area (Å²) in [4.78, 5) is 22.8. The lowest BCUT2D eigenvalue weighted by Crippen LogP contribution is -2.30. The van der Waals surface area contributed by atoms with Crippen molar-refractivity contribution in [3.63, 3.8) is 0 Å². The highest BCUT2D eigenvalue weighted by atomic mass is 32.2. The van der Waals surface area contributed by atoms with Crippen molar-refractivity contribution in [3.8, 4) is 0 Å². The summed E-state index contributed by atoms with van der Waals surface area (Å²) in [6, 6.07) is 7.70. The molecule has 1 aromatic heterocycles. The number of benzene rings is 1. The Balaban J connectivity index is 1.46. The van der Waals surface area contributed by atoms with Crippen LogP contribution in [-0.2, 0) is 16.3 Å². The van der Waals surface area contributed by atoms with E-state index in [4.69, 9.17) is 0 Å². The normalized spacial score (nSPS) is 21.1. The molecule has 1 atom stereocenters. The predicted molar refractivity (Wildman–Crippen MR) is 94.5 cm³/mol. The third-order valence-corrected chi connectivity index (χ3v) is 6.36. The summed E-state index contributed by atoms with van der Waals surface area (Å²) in [6.45, 7) is 0.639. The number of carbonyl (C=O) groups is 1. The van der Waals surface area contributed by atoms with E-state index in [1.54, 1.807) is 4.90 Å². The number of sulfone groups is 1. The predicted octanol–water partition coefficient (Wildman–Crippen LogP) is 1.28. The van der Waals surface area contributed by atoms with Gasteiger partial charge in [0.1, 0.15) is 11.5 Å². The molecule has 0 saturated carbocycles. The van der Waals surface area contributed by atoms with Crippen LogP contribution in [-0.4, -0.2) is 48.4 Å². The summed E-state index contributed by atoms with van der Waals surface area (Å²) in [7, 11) is -2.95. The molecule has 130 valence electrons. The number of rotatable bonds is 3. The van der Waals surface area contributed by atoms with Gasteiger partial charge in [-0.15, -0.1) is 0 Å². The van der Waals surface area contributed by atoms with Gasteiger partial charge in [0.2, 0.25) is 0 Å². The Labute approximate surface area is 146 Å². The van der Waals surface area contributed by atoms with Gasteiger partial charge in [0.25, 0.3) is 5.91 Å². The molecular formula is C17H18N4O3S. The van der Waals surface area contributed by atoms with Gasteiger partial charge in [-0.05, 0) is 24.5 Å². The number of fused-ring (bicyclic) bond motifs is 1. The van der Waals surface area contributed by atoms with Crippen LogP contribution in [0.15, 0.2) is 36.7 Å². The van der Waals surface area contributed by atoms with Crippen molar-refractivity contribution in [1.82, 2.24) is 9.97 Å². The molecule has 0 spiro atoms. The Morgan fingerprint density at radius 1 is 1.20 bits per heavy atom. The molecule has 0 bridgehead atoms. The first kappa shape index (κ1) is 16.0. The molecule has 8 heteroatoms. The van der Waals surface area contributed by atoms with Crippen LogP contribution in [0.1, 0.15) is 22.5 Å². The number of amides is 1. The molecular weight excluding hydrogens is 340 g/mol. The van der Waals surface area contributed by atoms with Crippen molar-refractivity contribution >= 4 is 27.2 Å². The van der Waals surface area contributed by atoms with E-state index < -0.39 is 9.84 Å². The van der Waals surface area contributed by atoms with Gasteiger partial charge in [-0.2, -0.15) is 0 Å². The second-order valence-electron chi connectivity index (χ2n) is 6.37. The number of hydrogen-bond acceptors (Lipinski definition) is 6. The van der Waals surface area contributed by atoms with Gasteiger partial charge in [0.15, 0.2) is 9.84 Å².